The molecule has 2 aliphatic rings. The molecule has 11 unspecified atom stereocenters. The summed E-state index contributed by atoms with van der Waals surface area (Å²) in [5.74, 6) is -0.385. The second-order valence-electron chi connectivity index (χ2n) is 16.2. The molecule has 60 heavy (non-hydrogen) atoms. The Bertz CT molecular complexity index is 1130. The molecule has 2 fully saturated rings. The minimum absolute atomic E-state index is 0.0574. The minimum Gasteiger partial charge on any atom is -0.457 e. The Morgan fingerprint density at radius 3 is 1.70 bits per heavy atom. The number of allylic oxidation sites excluding steroid dienone is 6. The lowest BCUT2D eigenvalue weighted by atomic mass is 9.98. The number of rotatable bonds is 35. The van der Waals surface area contributed by atoms with Crippen molar-refractivity contribution in [1.29, 1.82) is 0 Å². The first-order valence-corrected chi connectivity index (χ1v) is 23.1. The summed E-state index contributed by atoms with van der Waals surface area (Å²) in [5, 5.41) is 71.8. The van der Waals surface area contributed by atoms with Crippen LogP contribution in [-0.2, 0) is 33.2 Å². The van der Waals surface area contributed by atoms with Crippen molar-refractivity contribution in [3.63, 3.8) is 0 Å². The summed E-state index contributed by atoms with van der Waals surface area (Å²) in [6.07, 6.45) is 19.5. The number of carbonyl (C=O) groups is 1. The minimum atomic E-state index is -1.70. The Balaban J connectivity index is 1.77. The van der Waals surface area contributed by atoms with Gasteiger partial charge in [-0.15, -0.1) is 0 Å². The second kappa shape index (κ2) is 34.7. The lowest BCUT2D eigenvalue weighted by Crippen LogP contribution is -2.61. The van der Waals surface area contributed by atoms with E-state index in [0.717, 1.165) is 64.2 Å². The maximum Gasteiger partial charge on any atom is 0.306 e. The third-order valence-electron chi connectivity index (χ3n) is 10.9. The first kappa shape index (κ1) is 54.3. The van der Waals surface area contributed by atoms with E-state index in [1.54, 1.807) is 0 Å². The summed E-state index contributed by atoms with van der Waals surface area (Å²) in [4.78, 5) is 12.9. The number of aliphatic hydroxyl groups excluding tert-OH is 7. The molecule has 0 amide bonds. The van der Waals surface area contributed by atoms with Crippen molar-refractivity contribution in [2.24, 2.45) is 0 Å². The van der Waals surface area contributed by atoms with Gasteiger partial charge in [0.1, 0.15) is 54.9 Å². The molecule has 350 valence electrons. The summed E-state index contributed by atoms with van der Waals surface area (Å²) in [6, 6.07) is 0. The third-order valence-corrected chi connectivity index (χ3v) is 10.9. The molecular formula is C46H82O14. The summed E-state index contributed by atoms with van der Waals surface area (Å²) in [7, 11) is 0. The predicted octanol–water partition coefficient (Wildman–Crippen LogP) is 5.46. The standard InChI is InChI=1S/C46H82O14/c1-3-5-7-9-11-13-14-15-16-17-18-19-20-21-22-24-26-28-30-55-32-35(58-38(48)29-27-25-23-12-10-8-6-4-2)33-56-45-44(54)42(52)40(50)37(60-45)34-57-46-43(53)41(51)39(49)36(31-47)59-46/h5,7,11,13,15-16,35-37,39-47,49-54H,3-4,6,8-10,12,14,17-34H2,1-2H3/b7-5-,13-11-,16-15-. The van der Waals surface area contributed by atoms with Crippen LogP contribution in [0.4, 0.5) is 0 Å². The van der Waals surface area contributed by atoms with Crippen LogP contribution in [0, 0.1) is 0 Å². The van der Waals surface area contributed by atoms with Crippen LogP contribution in [0.2, 0.25) is 0 Å². The Hall–Kier alpha value is -1.79. The van der Waals surface area contributed by atoms with Crippen LogP contribution in [0.1, 0.15) is 149 Å². The summed E-state index contributed by atoms with van der Waals surface area (Å²) < 4.78 is 34.1. The largest absolute Gasteiger partial charge is 0.457 e. The van der Waals surface area contributed by atoms with Gasteiger partial charge in [0.05, 0.1) is 26.4 Å². The zero-order chi connectivity index (χ0) is 43.8. The van der Waals surface area contributed by atoms with Gasteiger partial charge < -0.3 is 64.2 Å². The SMILES string of the molecule is CC/C=C\C/C=C\C/C=C\CCCCCCCCCCOCC(COC1OC(COC2OC(CO)C(O)C(O)C2O)C(O)C(O)C1O)OC(=O)CCCCCCCCCC. The van der Waals surface area contributed by atoms with E-state index in [2.05, 4.69) is 50.3 Å². The number of unbranched alkanes of at least 4 members (excludes halogenated alkanes) is 15. The number of ether oxygens (including phenoxy) is 6. The molecule has 2 rings (SSSR count). The highest BCUT2D eigenvalue weighted by Crippen LogP contribution is 2.26. The van der Waals surface area contributed by atoms with Crippen LogP contribution in [0.15, 0.2) is 36.5 Å². The predicted molar refractivity (Wildman–Crippen MR) is 229 cm³/mol. The molecule has 0 spiro atoms. The van der Waals surface area contributed by atoms with Gasteiger partial charge in [-0.3, -0.25) is 4.79 Å². The van der Waals surface area contributed by atoms with Crippen LogP contribution in [0.25, 0.3) is 0 Å². The van der Waals surface area contributed by atoms with Crippen LogP contribution in [0.5, 0.6) is 0 Å². The zero-order valence-electron chi connectivity index (χ0n) is 36.7. The lowest BCUT2D eigenvalue weighted by Gasteiger charge is -2.42. The average molecular weight is 859 g/mol. The molecule has 7 N–H and O–H groups in total. The van der Waals surface area contributed by atoms with Crippen molar-refractivity contribution in [1.82, 2.24) is 0 Å². The smallest absolute Gasteiger partial charge is 0.306 e. The van der Waals surface area contributed by atoms with Crippen LogP contribution in [0.3, 0.4) is 0 Å². The molecule has 0 aromatic carbocycles. The summed E-state index contributed by atoms with van der Waals surface area (Å²) in [5.41, 5.74) is 0. The molecule has 0 saturated carbocycles. The Morgan fingerprint density at radius 2 is 1.08 bits per heavy atom. The highest BCUT2D eigenvalue weighted by Gasteiger charge is 2.47. The number of hydrogen-bond acceptors (Lipinski definition) is 14. The van der Waals surface area contributed by atoms with Gasteiger partial charge in [-0.1, -0.05) is 134 Å². The summed E-state index contributed by atoms with van der Waals surface area (Å²) in [6.45, 7) is 3.51. The van der Waals surface area contributed by atoms with Crippen molar-refractivity contribution in [3.05, 3.63) is 36.5 Å². The molecule has 14 nitrogen and oxygen atoms in total. The highest BCUT2D eigenvalue weighted by atomic mass is 16.7. The van der Waals surface area contributed by atoms with E-state index in [9.17, 15) is 40.5 Å². The van der Waals surface area contributed by atoms with Gasteiger partial charge in [0.25, 0.3) is 0 Å². The Morgan fingerprint density at radius 1 is 0.567 bits per heavy atom. The first-order chi connectivity index (χ1) is 29.1. The van der Waals surface area contributed by atoms with Crippen molar-refractivity contribution in [3.8, 4) is 0 Å². The van der Waals surface area contributed by atoms with Gasteiger partial charge in [-0.2, -0.15) is 0 Å². The highest BCUT2D eigenvalue weighted by molar-refractivity contribution is 5.69. The number of carbonyl (C=O) groups excluding carboxylic acids is 1. The van der Waals surface area contributed by atoms with Gasteiger partial charge >= 0.3 is 5.97 Å². The van der Waals surface area contributed by atoms with E-state index in [-0.39, 0.29) is 25.6 Å². The van der Waals surface area contributed by atoms with Crippen LogP contribution < -0.4 is 0 Å². The van der Waals surface area contributed by atoms with E-state index < -0.39 is 80.7 Å². The van der Waals surface area contributed by atoms with E-state index in [1.807, 2.05) is 0 Å². The van der Waals surface area contributed by atoms with E-state index >= 15 is 0 Å². The van der Waals surface area contributed by atoms with Gasteiger partial charge in [0.15, 0.2) is 12.6 Å². The maximum absolute atomic E-state index is 12.9. The van der Waals surface area contributed by atoms with Crippen LogP contribution >= 0.6 is 0 Å². The van der Waals surface area contributed by atoms with Crippen molar-refractivity contribution in [2.45, 2.75) is 216 Å². The molecule has 0 aromatic rings. The lowest BCUT2D eigenvalue weighted by molar-refractivity contribution is -0.332. The number of esters is 1. The molecule has 14 heteroatoms. The summed E-state index contributed by atoms with van der Waals surface area (Å²) >= 11 is 0. The van der Waals surface area contributed by atoms with Gasteiger partial charge in [0.2, 0.25) is 0 Å². The molecule has 11 atom stereocenters. The van der Waals surface area contributed by atoms with Crippen molar-refractivity contribution >= 4 is 5.97 Å². The van der Waals surface area contributed by atoms with Gasteiger partial charge in [-0.25, -0.2) is 0 Å². The zero-order valence-corrected chi connectivity index (χ0v) is 36.7. The molecule has 0 radical (unpaired) electrons. The van der Waals surface area contributed by atoms with E-state index in [4.69, 9.17) is 28.4 Å². The molecule has 0 bridgehead atoms. The topological polar surface area (TPSA) is 214 Å². The normalized spacial score (nSPS) is 28.0. The van der Waals surface area contributed by atoms with E-state index in [1.165, 1.54) is 57.8 Å². The third kappa shape index (κ3) is 23.1. The molecule has 2 saturated heterocycles. The molecular weight excluding hydrogens is 776 g/mol. The fraction of sp³-hybridized carbons (Fsp3) is 0.848. The first-order valence-electron chi connectivity index (χ1n) is 23.1. The number of hydrogen-bond donors (Lipinski definition) is 7. The second-order valence-corrected chi connectivity index (χ2v) is 16.2. The number of aliphatic hydroxyl groups is 7. The molecule has 2 heterocycles. The maximum atomic E-state index is 12.9. The van der Waals surface area contributed by atoms with Gasteiger partial charge in [-0.05, 0) is 44.9 Å². The fourth-order valence-corrected chi connectivity index (χ4v) is 7.12. The molecule has 0 aromatic heterocycles. The Kier molecular flexibility index (Phi) is 31.4. The Labute approximate surface area is 359 Å². The fourth-order valence-electron chi connectivity index (χ4n) is 7.12. The quantitative estimate of drug-likeness (QED) is 0.0240. The average Bonchev–Trinajstić information content (AvgIpc) is 3.24. The van der Waals surface area contributed by atoms with Crippen molar-refractivity contribution in [2.75, 3.05) is 33.0 Å². The van der Waals surface area contributed by atoms with Crippen molar-refractivity contribution < 1.29 is 69.0 Å². The molecule has 2 aliphatic heterocycles. The monoisotopic (exact) mass is 859 g/mol. The van der Waals surface area contributed by atoms with Crippen LogP contribution in [-0.4, -0.2) is 142 Å². The molecule has 0 aliphatic carbocycles. The van der Waals surface area contributed by atoms with Gasteiger partial charge in [0, 0.05) is 13.0 Å². The van der Waals surface area contributed by atoms with E-state index in [0.29, 0.717) is 13.0 Å².